The summed E-state index contributed by atoms with van der Waals surface area (Å²) in [6, 6.07) is 6.77. The highest BCUT2D eigenvalue weighted by Crippen LogP contribution is 2.12. The van der Waals surface area contributed by atoms with Crippen LogP contribution in [0.2, 0.25) is 0 Å². The number of quaternary nitrogens is 2. The van der Waals surface area contributed by atoms with Crippen LogP contribution in [-0.4, -0.2) is 64.5 Å². The van der Waals surface area contributed by atoms with Crippen molar-refractivity contribution in [3.63, 3.8) is 0 Å². The lowest BCUT2D eigenvalue weighted by Crippen LogP contribution is -3.28. The Morgan fingerprint density at radius 1 is 1.07 bits per heavy atom. The highest BCUT2D eigenvalue weighted by Gasteiger charge is 2.29. The summed E-state index contributed by atoms with van der Waals surface area (Å²) >= 11 is 0. The van der Waals surface area contributed by atoms with Gasteiger partial charge in [-0.15, -0.1) is 0 Å². The second kappa shape index (κ2) is 9.56. The molecule has 3 amide bonds. The molecule has 0 unspecified atom stereocenters. The van der Waals surface area contributed by atoms with E-state index in [4.69, 9.17) is 4.74 Å². The topological polar surface area (TPSA) is 76.3 Å². The number of amides is 3. The highest BCUT2D eigenvalue weighted by molar-refractivity contribution is 5.94. The lowest BCUT2D eigenvalue weighted by molar-refractivity contribution is -1.02. The van der Waals surface area contributed by atoms with E-state index in [9.17, 15) is 22.8 Å². The van der Waals surface area contributed by atoms with Gasteiger partial charge in [-0.05, 0) is 24.3 Å². The Kier molecular flexibility index (Phi) is 7.43. The van der Waals surface area contributed by atoms with Gasteiger partial charge in [0.05, 0.1) is 7.11 Å². The second-order valence-electron chi connectivity index (χ2n) is 6.55. The van der Waals surface area contributed by atoms with Gasteiger partial charge in [0.25, 0.3) is 5.91 Å². The zero-order valence-corrected chi connectivity index (χ0v) is 15.1. The van der Waals surface area contributed by atoms with Gasteiger partial charge >= 0.3 is 12.2 Å². The first-order valence-electron chi connectivity index (χ1n) is 8.69. The Balaban J connectivity index is 1.67. The number of carbonyl (C=O) groups is 2. The quantitative estimate of drug-likeness (QED) is 0.471. The molecule has 2 rings (SSSR count). The van der Waals surface area contributed by atoms with Crippen molar-refractivity contribution in [2.75, 3.05) is 46.4 Å². The van der Waals surface area contributed by atoms with E-state index in [1.165, 1.54) is 10.5 Å². The summed E-state index contributed by atoms with van der Waals surface area (Å²) in [4.78, 5) is 25.5. The molecule has 0 aliphatic carbocycles. The Morgan fingerprint density at radius 2 is 1.67 bits per heavy atom. The summed E-state index contributed by atoms with van der Waals surface area (Å²) < 4.78 is 41.2. The van der Waals surface area contributed by atoms with Gasteiger partial charge in [-0.2, -0.15) is 13.2 Å². The Hall–Kier alpha value is -2.33. The van der Waals surface area contributed by atoms with Crippen molar-refractivity contribution >= 4 is 11.9 Å². The van der Waals surface area contributed by atoms with Gasteiger partial charge < -0.3 is 19.9 Å². The van der Waals surface area contributed by atoms with Crippen LogP contribution in [-0.2, 0) is 11.3 Å². The third-order valence-electron chi connectivity index (χ3n) is 4.39. The van der Waals surface area contributed by atoms with Crippen LogP contribution in [0.1, 0.15) is 5.56 Å². The number of hydrogen-bond acceptors (Lipinski definition) is 3. The fourth-order valence-electron chi connectivity index (χ4n) is 2.97. The lowest BCUT2D eigenvalue weighted by atomic mass is 10.2. The number of nitrogens with one attached hydrogen (secondary N) is 4. The number of imide groups is 1. The van der Waals surface area contributed by atoms with Gasteiger partial charge in [0, 0.05) is 5.56 Å². The molecule has 10 heteroatoms. The number of alkyl halides is 3. The predicted molar refractivity (Wildman–Crippen MR) is 90.6 cm³/mol. The zero-order valence-electron chi connectivity index (χ0n) is 15.1. The Bertz CT molecular complexity index is 629. The van der Waals surface area contributed by atoms with Gasteiger partial charge in [0.2, 0.25) is 0 Å². The van der Waals surface area contributed by atoms with E-state index in [2.05, 4.69) is 0 Å². The van der Waals surface area contributed by atoms with Crippen molar-refractivity contribution in [2.24, 2.45) is 0 Å². The fourth-order valence-corrected chi connectivity index (χ4v) is 2.97. The van der Waals surface area contributed by atoms with Crippen molar-refractivity contribution in [3.8, 4) is 5.75 Å². The monoisotopic (exact) mass is 390 g/mol. The van der Waals surface area contributed by atoms with Crippen molar-refractivity contribution < 1.29 is 37.3 Å². The maximum Gasteiger partial charge on any atom is 0.405 e. The van der Waals surface area contributed by atoms with Gasteiger partial charge in [-0.3, -0.25) is 10.1 Å². The molecule has 0 saturated carbocycles. The minimum absolute atomic E-state index is 0.0647. The van der Waals surface area contributed by atoms with Crippen LogP contribution in [0.15, 0.2) is 24.3 Å². The number of halogens is 3. The third-order valence-corrected chi connectivity index (χ3v) is 4.39. The minimum Gasteiger partial charge on any atom is -0.497 e. The van der Waals surface area contributed by atoms with Gasteiger partial charge in [-0.1, -0.05) is 0 Å². The third kappa shape index (κ3) is 7.83. The number of hydrogen-bond donors (Lipinski definition) is 4. The average Bonchev–Trinajstić information content (AvgIpc) is 2.62. The molecule has 4 N–H and O–H groups in total. The number of urea groups is 1. The fraction of sp³-hybridized carbons (Fsp3) is 0.529. The van der Waals surface area contributed by atoms with E-state index < -0.39 is 24.7 Å². The number of methoxy groups -OCH3 is 1. The number of benzene rings is 1. The van der Waals surface area contributed by atoms with E-state index in [0.29, 0.717) is 0 Å². The largest absolute Gasteiger partial charge is 0.497 e. The maximum absolute atomic E-state index is 12.0. The Labute approximate surface area is 155 Å². The van der Waals surface area contributed by atoms with Crippen molar-refractivity contribution in [1.29, 1.82) is 0 Å². The first kappa shape index (κ1) is 21.0. The van der Waals surface area contributed by atoms with E-state index >= 15 is 0 Å². The van der Waals surface area contributed by atoms with Gasteiger partial charge in [0.15, 0.2) is 6.54 Å². The van der Waals surface area contributed by atoms with Crippen LogP contribution in [0, 0.1) is 0 Å². The van der Waals surface area contributed by atoms with Crippen LogP contribution >= 0.6 is 0 Å². The molecular formula is C17H25F3N4O3+2. The molecule has 1 aliphatic rings. The molecule has 1 saturated heterocycles. The normalized spacial score (nSPS) is 20.0. The standard InChI is InChI=1S/C17H23F3N4O3/c1-27-14-4-2-13(3-5-14)10-23-6-8-24(9-7-23)11-15(25)22-16(26)21-12-17(18,19)20/h2-5H,6-12H2,1H3,(H2,21,22,25,26)/p+2. The molecule has 0 atom stereocenters. The second-order valence-corrected chi connectivity index (χ2v) is 6.55. The summed E-state index contributed by atoms with van der Waals surface area (Å²) in [5.41, 5.74) is 1.20. The van der Waals surface area contributed by atoms with E-state index in [1.807, 2.05) is 29.6 Å². The summed E-state index contributed by atoms with van der Waals surface area (Å²) in [7, 11) is 1.62. The number of rotatable bonds is 6. The molecule has 7 nitrogen and oxygen atoms in total. The summed E-state index contributed by atoms with van der Waals surface area (Å²) in [6.07, 6.45) is -4.51. The van der Waals surface area contributed by atoms with E-state index in [0.717, 1.165) is 43.4 Å². The number of piperazine rings is 1. The SMILES string of the molecule is COc1ccc(C[NH+]2CC[NH+](CC(=O)NC(=O)NCC(F)(F)F)CC2)cc1. The molecule has 0 aromatic heterocycles. The van der Waals surface area contributed by atoms with Crippen molar-refractivity contribution in [2.45, 2.75) is 12.7 Å². The van der Waals surface area contributed by atoms with Gasteiger partial charge in [-0.25, -0.2) is 4.79 Å². The number of ether oxygens (including phenoxy) is 1. The summed E-state index contributed by atoms with van der Waals surface area (Å²) in [5, 5.41) is 3.55. The van der Waals surface area contributed by atoms with Crippen molar-refractivity contribution in [1.82, 2.24) is 10.6 Å². The van der Waals surface area contributed by atoms with Crippen LogP contribution in [0.3, 0.4) is 0 Å². The zero-order chi connectivity index (χ0) is 19.9. The molecule has 150 valence electrons. The lowest BCUT2D eigenvalue weighted by Gasteiger charge is -2.29. The minimum atomic E-state index is -4.51. The van der Waals surface area contributed by atoms with E-state index in [-0.39, 0.29) is 6.54 Å². The molecule has 0 bridgehead atoms. The predicted octanol–water partition coefficient (Wildman–Crippen LogP) is -1.63. The van der Waals surface area contributed by atoms with Gasteiger partial charge in [0.1, 0.15) is 45.0 Å². The molecule has 27 heavy (non-hydrogen) atoms. The maximum atomic E-state index is 12.0. The molecular weight excluding hydrogens is 365 g/mol. The molecule has 1 aromatic rings. The molecule has 1 aliphatic heterocycles. The van der Waals surface area contributed by atoms with Crippen LogP contribution in [0.5, 0.6) is 5.75 Å². The molecule has 1 heterocycles. The smallest absolute Gasteiger partial charge is 0.405 e. The van der Waals surface area contributed by atoms with Crippen LogP contribution in [0.25, 0.3) is 0 Å². The number of carbonyl (C=O) groups excluding carboxylic acids is 2. The Morgan fingerprint density at radius 3 is 2.22 bits per heavy atom. The highest BCUT2D eigenvalue weighted by atomic mass is 19.4. The van der Waals surface area contributed by atoms with Crippen molar-refractivity contribution in [3.05, 3.63) is 29.8 Å². The summed E-state index contributed by atoms with van der Waals surface area (Å²) in [6.45, 7) is 2.72. The average molecular weight is 390 g/mol. The molecule has 0 spiro atoms. The summed E-state index contributed by atoms with van der Waals surface area (Å²) in [5.74, 6) is 0.233. The van der Waals surface area contributed by atoms with E-state index in [1.54, 1.807) is 12.4 Å². The first-order valence-corrected chi connectivity index (χ1v) is 8.69. The van der Waals surface area contributed by atoms with Crippen LogP contribution in [0.4, 0.5) is 18.0 Å². The first-order chi connectivity index (χ1) is 12.7. The van der Waals surface area contributed by atoms with Crippen LogP contribution < -0.4 is 25.2 Å². The molecule has 0 radical (unpaired) electrons. The molecule has 1 fully saturated rings. The molecule has 1 aromatic carbocycles.